The Balaban J connectivity index is 2.35. The van der Waals surface area contributed by atoms with Gasteiger partial charge in [0.1, 0.15) is 5.82 Å². The van der Waals surface area contributed by atoms with Crippen molar-refractivity contribution in [3.8, 4) is 0 Å². The minimum Gasteiger partial charge on any atom is -0.319 e. The van der Waals surface area contributed by atoms with Gasteiger partial charge >= 0.3 is 0 Å². The molecule has 0 aliphatic heterocycles. The summed E-state index contributed by atoms with van der Waals surface area (Å²) in [4.78, 5) is 0. The van der Waals surface area contributed by atoms with Crippen molar-refractivity contribution >= 4 is 0 Å². The Morgan fingerprint density at radius 1 is 1.38 bits per heavy atom. The number of rotatable bonds is 3. The van der Waals surface area contributed by atoms with Gasteiger partial charge in [-0.2, -0.15) is 0 Å². The molecule has 2 unspecified atom stereocenters. The van der Waals surface area contributed by atoms with E-state index in [-0.39, 0.29) is 11.2 Å². The zero-order chi connectivity index (χ0) is 11.6. The number of likely N-dealkylation sites (N-methyl/N-ethyl adjacent to an activating group) is 1. The van der Waals surface area contributed by atoms with Crippen LogP contribution in [0.1, 0.15) is 31.7 Å². The Morgan fingerprint density at radius 3 is 2.56 bits per heavy atom. The SMILES string of the molecule is CNCC1(c2ccc(F)cc2)CCCC1C. The summed E-state index contributed by atoms with van der Waals surface area (Å²) in [6, 6.07) is 7.07. The normalized spacial score (nSPS) is 29.6. The Morgan fingerprint density at radius 2 is 2.06 bits per heavy atom. The Labute approximate surface area is 97.1 Å². The van der Waals surface area contributed by atoms with E-state index in [0.717, 1.165) is 6.54 Å². The van der Waals surface area contributed by atoms with Gasteiger partial charge in [0.2, 0.25) is 0 Å². The van der Waals surface area contributed by atoms with Crippen LogP contribution in [-0.4, -0.2) is 13.6 Å². The first kappa shape index (κ1) is 11.6. The third-order valence-corrected chi connectivity index (χ3v) is 4.11. The Bertz CT molecular complexity index is 346. The summed E-state index contributed by atoms with van der Waals surface area (Å²) < 4.78 is 13.0. The van der Waals surface area contributed by atoms with Crippen LogP contribution < -0.4 is 5.32 Å². The van der Waals surface area contributed by atoms with Crippen LogP contribution in [0.25, 0.3) is 0 Å². The molecule has 1 aliphatic rings. The molecular formula is C14H20FN. The van der Waals surface area contributed by atoms with Gasteiger partial charge in [-0.1, -0.05) is 25.5 Å². The number of halogens is 1. The quantitative estimate of drug-likeness (QED) is 0.827. The van der Waals surface area contributed by atoms with Gasteiger partial charge in [-0.15, -0.1) is 0 Å². The van der Waals surface area contributed by atoms with Crippen molar-refractivity contribution in [1.29, 1.82) is 0 Å². The van der Waals surface area contributed by atoms with Gasteiger partial charge in [-0.05, 0) is 43.5 Å². The first-order chi connectivity index (χ1) is 7.69. The van der Waals surface area contributed by atoms with E-state index in [0.29, 0.717) is 5.92 Å². The molecular weight excluding hydrogens is 201 g/mol. The van der Waals surface area contributed by atoms with E-state index in [2.05, 4.69) is 12.2 Å². The molecule has 0 bridgehead atoms. The van der Waals surface area contributed by atoms with Crippen LogP contribution in [0.15, 0.2) is 24.3 Å². The molecule has 1 aromatic rings. The molecule has 2 atom stereocenters. The van der Waals surface area contributed by atoms with E-state index in [1.165, 1.54) is 24.8 Å². The van der Waals surface area contributed by atoms with Crippen molar-refractivity contribution in [2.45, 2.75) is 31.6 Å². The molecule has 2 rings (SSSR count). The standard InChI is InChI=1S/C14H20FN/c1-11-4-3-9-14(11,10-16-2)12-5-7-13(15)8-6-12/h5-8,11,16H,3-4,9-10H2,1-2H3. The van der Waals surface area contributed by atoms with Crippen molar-refractivity contribution < 1.29 is 4.39 Å². The summed E-state index contributed by atoms with van der Waals surface area (Å²) in [5, 5.41) is 3.30. The average Bonchev–Trinajstić information content (AvgIpc) is 2.63. The van der Waals surface area contributed by atoms with Crippen molar-refractivity contribution in [2.75, 3.05) is 13.6 Å². The molecule has 88 valence electrons. The second kappa shape index (κ2) is 4.54. The number of benzene rings is 1. The highest BCUT2D eigenvalue weighted by Gasteiger charge is 2.40. The summed E-state index contributed by atoms with van der Waals surface area (Å²) in [7, 11) is 2.00. The molecule has 16 heavy (non-hydrogen) atoms. The Kier molecular flexibility index (Phi) is 3.29. The highest BCUT2D eigenvalue weighted by atomic mass is 19.1. The zero-order valence-corrected chi connectivity index (χ0v) is 10.1. The van der Waals surface area contributed by atoms with E-state index in [9.17, 15) is 4.39 Å². The topological polar surface area (TPSA) is 12.0 Å². The molecule has 2 heteroatoms. The van der Waals surface area contributed by atoms with Crippen LogP contribution in [0.2, 0.25) is 0 Å². The monoisotopic (exact) mass is 221 g/mol. The van der Waals surface area contributed by atoms with Gasteiger partial charge in [-0.25, -0.2) is 4.39 Å². The zero-order valence-electron chi connectivity index (χ0n) is 10.1. The summed E-state index contributed by atoms with van der Waals surface area (Å²) in [5.41, 5.74) is 1.50. The van der Waals surface area contributed by atoms with Gasteiger partial charge in [0.25, 0.3) is 0 Å². The van der Waals surface area contributed by atoms with Crippen molar-refractivity contribution in [3.63, 3.8) is 0 Å². The first-order valence-electron chi connectivity index (χ1n) is 6.10. The van der Waals surface area contributed by atoms with Crippen molar-refractivity contribution in [1.82, 2.24) is 5.32 Å². The third-order valence-electron chi connectivity index (χ3n) is 4.11. The van der Waals surface area contributed by atoms with E-state index in [1.54, 1.807) is 12.1 Å². The minimum atomic E-state index is -0.144. The molecule has 1 fully saturated rings. The van der Waals surface area contributed by atoms with Crippen LogP contribution in [0, 0.1) is 11.7 Å². The number of hydrogen-bond donors (Lipinski definition) is 1. The van der Waals surface area contributed by atoms with Crippen LogP contribution in [0.4, 0.5) is 4.39 Å². The van der Waals surface area contributed by atoms with Crippen LogP contribution >= 0.6 is 0 Å². The Hall–Kier alpha value is -0.890. The lowest BCUT2D eigenvalue weighted by atomic mass is 9.73. The average molecular weight is 221 g/mol. The maximum atomic E-state index is 13.0. The minimum absolute atomic E-state index is 0.144. The molecule has 0 spiro atoms. The molecule has 0 amide bonds. The third kappa shape index (κ3) is 1.86. The van der Waals surface area contributed by atoms with E-state index in [4.69, 9.17) is 0 Å². The highest BCUT2D eigenvalue weighted by molar-refractivity contribution is 5.29. The summed E-state index contributed by atoms with van der Waals surface area (Å²) in [6.45, 7) is 3.30. The summed E-state index contributed by atoms with van der Waals surface area (Å²) >= 11 is 0. The lowest BCUT2D eigenvalue weighted by Crippen LogP contribution is -2.39. The predicted molar refractivity (Wildman–Crippen MR) is 65.0 cm³/mol. The van der Waals surface area contributed by atoms with Crippen molar-refractivity contribution in [3.05, 3.63) is 35.6 Å². The molecule has 1 aromatic carbocycles. The smallest absolute Gasteiger partial charge is 0.123 e. The van der Waals surface area contributed by atoms with Gasteiger partial charge in [0.15, 0.2) is 0 Å². The van der Waals surface area contributed by atoms with E-state index in [1.807, 2.05) is 19.2 Å². The largest absolute Gasteiger partial charge is 0.319 e. The summed E-state index contributed by atoms with van der Waals surface area (Å²) in [6.07, 6.45) is 3.76. The lowest BCUT2D eigenvalue weighted by Gasteiger charge is -2.34. The van der Waals surface area contributed by atoms with Crippen molar-refractivity contribution in [2.24, 2.45) is 5.92 Å². The molecule has 0 radical (unpaired) electrons. The maximum absolute atomic E-state index is 13.0. The van der Waals surface area contributed by atoms with E-state index < -0.39 is 0 Å². The molecule has 0 heterocycles. The molecule has 1 saturated carbocycles. The number of nitrogens with one attached hydrogen (secondary N) is 1. The maximum Gasteiger partial charge on any atom is 0.123 e. The van der Waals surface area contributed by atoms with Gasteiger partial charge in [-0.3, -0.25) is 0 Å². The molecule has 0 aromatic heterocycles. The van der Waals surface area contributed by atoms with E-state index >= 15 is 0 Å². The second-order valence-electron chi connectivity index (χ2n) is 4.99. The summed E-state index contributed by atoms with van der Waals surface area (Å²) in [5.74, 6) is 0.527. The van der Waals surface area contributed by atoms with Gasteiger partial charge < -0.3 is 5.32 Å². The molecule has 1 nitrogen and oxygen atoms in total. The molecule has 1 N–H and O–H groups in total. The highest BCUT2D eigenvalue weighted by Crippen LogP contribution is 2.45. The fourth-order valence-corrected chi connectivity index (χ4v) is 3.14. The fraction of sp³-hybridized carbons (Fsp3) is 0.571. The molecule has 0 saturated heterocycles. The fourth-order valence-electron chi connectivity index (χ4n) is 3.14. The number of hydrogen-bond acceptors (Lipinski definition) is 1. The lowest BCUT2D eigenvalue weighted by molar-refractivity contribution is 0.326. The molecule has 1 aliphatic carbocycles. The van der Waals surface area contributed by atoms with Gasteiger partial charge in [0.05, 0.1) is 0 Å². The van der Waals surface area contributed by atoms with Crippen LogP contribution in [0.3, 0.4) is 0 Å². The van der Waals surface area contributed by atoms with Gasteiger partial charge in [0, 0.05) is 12.0 Å². The predicted octanol–water partition coefficient (Wildman–Crippen LogP) is 3.10. The van der Waals surface area contributed by atoms with Crippen LogP contribution in [-0.2, 0) is 5.41 Å². The second-order valence-corrected chi connectivity index (χ2v) is 4.99. The first-order valence-corrected chi connectivity index (χ1v) is 6.10. The van der Waals surface area contributed by atoms with Crippen LogP contribution in [0.5, 0.6) is 0 Å².